The fourth-order valence-corrected chi connectivity index (χ4v) is 6.27. The topological polar surface area (TPSA) is 0 Å². The molecule has 0 nitrogen and oxygen atoms in total. The van der Waals surface area contributed by atoms with E-state index in [4.69, 9.17) is 0 Å². The summed E-state index contributed by atoms with van der Waals surface area (Å²) >= 11 is 7.22. The molecular formula is C47H64Br2. The Labute approximate surface area is 318 Å². The predicted octanol–water partition coefficient (Wildman–Crippen LogP) is 14.4. The third-order valence-electron chi connectivity index (χ3n) is 9.74. The van der Waals surface area contributed by atoms with Gasteiger partial charge in [0.25, 0.3) is 0 Å². The second kappa shape index (κ2) is 13.8. The molecule has 49 heavy (non-hydrogen) atoms. The molecule has 0 bridgehead atoms. The van der Waals surface area contributed by atoms with Gasteiger partial charge in [-0.05, 0) is 114 Å². The van der Waals surface area contributed by atoms with E-state index in [1.165, 1.54) is 50.1 Å². The molecule has 2 heteroatoms. The first-order valence-corrected chi connectivity index (χ1v) is 19.5. The van der Waals surface area contributed by atoms with Crippen LogP contribution in [0.5, 0.6) is 0 Å². The van der Waals surface area contributed by atoms with Crippen molar-refractivity contribution in [3.8, 4) is 11.8 Å². The SMILES string of the molecule is CC(C)(C)c1cc(C(C)(C)C)cc(C(C#CC=C(Br)Br)(c2cc(C(C)(C)C)cc(C(C)(C)C)c2)c2cc(C(C)(C)C)cc(C(C)(C)C)c2)c1. The molecule has 0 aliphatic carbocycles. The Balaban J connectivity index is 2.89. The van der Waals surface area contributed by atoms with Gasteiger partial charge in [0.15, 0.2) is 0 Å². The first-order valence-electron chi connectivity index (χ1n) is 17.9. The predicted molar refractivity (Wildman–Crippen MR) is 225 cm³/mol. The summed E-state index contributed by atoms with van der Waals surface area (Å²) in [6.45, 7) is 41.9. The van der Waals surface area contributed by atoms with Crippen LogP contribution in [0.4, 0.5) is 0 Å². The van der Waals surface area contributed by atoms with Crippen LogP contribution in [-0.4, -0.2) is 0 Å². The van der Waals surface area contributed by atoms with Gasteiger partial charge in [-0.3, -0.25) is 0 Å². The summed E-state index contributed by atoms with van der Waals surface area (Å²) in [5, 5.41) is 0. The van der Waals surface area contributed by atoms with Crippen LogP contribution < -0.4 is 0 Å². The number of allylic oxidation sites excluding steroid dienone is 1. The molecule has 0 aromatic heterocycles. The number of hydrogen-bond acceptors (Lipinski definition) is 0. The van der Waals surface area contributed by atoms with Gasteiger partial charge in [0, 0.05) is 6.08 Å². The van der Waals surface area contributed by atoms with Crippen LogP contribution >= 0.6 is 31.9 Å². The minimum atomic E-state index is -0.782. The highest BCUT2D eigenvalue weighted by molar-refractivity contribution is 9.28. The maximum absolute atomic E-state index is 4.00. The van der Waals surface area contributed by atoms with E-state index in [1.54, 1.807) is 0 Å². The molecule has 266 valence electrons. The molecule has 0 spiro atoms. The van der Waals surface area contributed by atoms with Crippen LogP contribution in [0.1, 0.15) is 175 Å². The van der Waals surface area contributed by atoms with E-state index in [-0.39, 0.29) is 32.5 Å². The molecule has 0 N–H and O–H groups in total. The quantitative estimate of drug-likeness (QED) is 0.183. The molecule has 0 amide bonds. The van der Waals surface area contributed by atoms with Crippen LogP contribution in [0.15, 0.2) is 64.1 Å². The number of hydrogen-bond donors (Lipinski definition) is 0. The first kappa shape index (κ1) is 41.3. The van der Waals surface area contributed by atoms with Crippen molar-refractivity contribution in [1.29, 1.82) is 0 Å². The molecule has 0 fully saturated rings. The van der Waals surface area contributed by atoms with Crippen molar-refractivity contribution in [2.75, 3.05) is 0 Å². The van der Waals surface area contributed by atoms with Gasteiger partial charge in [0.2, 0.25) is 0 Å². The summed E-state index contributed by atoms with van der Waals surface area (Å²) in [6, 6.07) is 22.0. The standard InChI is InChI=1S/C47H64Br2/c1-41(2,3)31-22-32(42(4,5)6)26-37(25-31)47(21-19-20-40(48)49,38-27-33(43(7,8)9)23-34(28-38)44(10,11)12)39-29-35(45(13,14)15)24-36(30-39)46(16,17)18/h20,22-30H,1-18H3. The van der Waals surface area contributed by atoms with Gasteiger partial charge in [-0.2, -0.15) is 0 Å². The number of benzene rings is 3. The van der Waals surface area contributed by atoms with E-state index in [0.717, 1.165) is 3.39 Å². The van der Waals surface area contributed by atoms with Crippen molar-refractivity contribution in [1.82, 2.24) is 0 Å². The van der Waals surface area contributed by atoms with Gasteiger partial charge >= 0.3 is 0 Å². The Hall–Kier alpha value is -2.08. The minimum Gasteiger partial charge on any atom is -0.0771 e. The molecule has 0 heterocycles. The van der Waals surface area contributed by atoms with Crippen molar-refractivity contribution >= 4 is 31.9 Å². The van der Waals surface area contributed by atoms with Crippen LogP contribution in [0.25, 0.3) is 0 Å². The van der Waals surface area contributed by atoms with Crippen LogP contribution in [0, 0.1) is 11.8 Å². The Morgan fingerprint density at radius 3 is 0.714 bits per heavy atom. The van der Waals surface area contributed by atoms with E-state index in [0.29, 0.717) is 0 Å². The van der Waals surface area contributed by atoms with Crippen molar-refractivity contribution in [2.24, 2.45) is 0 Å². The minimum absolute atomic E-state index is 0.0539. The summed E-state index contributed by atoms with van der Waals surface area (Å²) in [5.74, 6) is 7.56. The van der Waals surface area contributed by atoms with Crippen molar-refractivity contribution in [3.63, 3.8) is 0 Å². The third-order valence-corrected chi connectivity index (χ3v) is 10.2. The maximum Gasteiger partial charge on any atom is 0.107 e. The summed E-state index contributed by atoms with van der Waals surface area (Å²) in [4.78, 5) is 0. The van der Waals surface area contributed by atoms with E-state index in [1.807, 2.05) is 6.08 Å². The fraction of sp³-hybridized carbons (Fsp3) is 0.532. The van der Waals surface area contributed by atoms with Gasteiger partial charge in [0.1, 0.15) is 5.41 Å². The van der Waals surface area contributed by atoms with Gasteiger partial charge < -0.3 is 0 Å². The Morgan fingerprint density at radius 1 is 0.367 bits per heavy atom. The monoisotopic (exact) mass is 786 g/mol. The summed E-state index contributed by atoms with van der Waals surface area (Å²) < 4.78 is 0.831. The summed E-state index contributed by atoms with van der Waals surface area (Å²) in [5.41, 5.74) is 10.5. The highest BCUT2D eigenvalue weighted by Crippen LogP contribution is 2.47. The molecule has 0 radical (unpaired) electrons. The maximum atomic E-state index is 4.00. The second-order valence-electron chi connectivity index (χ2n) is 20.4. The van der Waals surface area contributed by atoms with Gasteiger partial charge in [0.05, 0.1) is 3.39 Å². The van der Waals surface area contributed by atoms with Crippen molar-refractivity contribution < 1.29 is 0 Å². The lowest BCUT2D eigenvalue weighted by atomic mass is 9.64. The van der Waals surface area contributed by atoms with E-state index < -0.39 is 5.41 Å². The molecule has 0 aliphatic rings. The van der Waals surface area contributed by atoms with Gasteiger partial charge in [-0.1, -0.05) is 191 Å². The number of rotatable bonds is 3. The molecule has 0 atom stereocenters. The van der Waals surface area contributed by atoms with Crippen LogP contribution in [0.3, 0.4) is 0 Å². The highest BCUT2D eigenvalue weighted by Gasteiger charge is 2.40. The molecule has 0 aliphatic heterocycles. The average Bonchev–Trinajstić information content (AvgIpc) is 2.91. The largest absolute Gasteiger partial charge is 0.107 e. The smallest absolute Gasteiger partial charge is 0.0771 e. The average molecular weight is 789 g/mol. The van der Waals surface area contributed by atoms with Gasteiger partial charge in [-0.15, -0.1) is 0 Å². The second-order valence-corrected chi connectivity index (χ2v) is 23.1. The van der Waals surface area contributed by atoms with Gasteiger partial charge in [-0.25, -0.2) is 0 Å². The van der Waals surface area contributed by atoms with E-state index in [9.17, 15) is 0 Å². The van der Waals surface area contributed by atoms with Crippen molar-refractivity contribution in [3.05, 3.63) is 114 Å². The Kier molecular flexibility index (Phi) is 11.6. The fourth-order valence-electron chi connectivity index (χ4n) is 6.05. The lowest BCUT2D eigenvalue weighted by molar-refractivity contribution is 0.558. The molecular weight excluding hydrogens is 724 g/mol. The van der Waals surface area contributed by atoms with E-state index in [2.05, 4.69) is 223 Å². The van der Waals surface area contributed by atoms with Crippen molar-refractivity contribution in [2.45, 2.75) is 163 Å². The highest BCUT2D eigenvalue weighted by atomic mass is 79.9. The molecule has 3 aromatic rings. The first-order chi connectivity index (χ1) is 21.9. The number of halogens is 2. The van der Waals surface area contributed by atoms with Crippen LogP contribution in [-0.2, 0) is 37.9 Å². The Morgan fingerprint density at radius 2 is 0.551 bits per heavy atom. The molecule has 0 unspecified atom stereocenters. The molecule has 0 saturated heterocycles. The normalized spacial score (nSPS) is 13.6. The molecule has 0 saturated carbocycles. The zero-order chi connectivity index (χ0) is 37.8. The van der Waals surface area contributed by atoms with Crippen LogP contribution in [0.2, 0.25) is 0 Å². The van der Waals surface area contributed by atoms with E-state index >= 15 is 0 Å². The zero-order valence-electron chi connectivity index (χ0n) is 34.0. The summed E-state index contributed by atoms with van der Waals surface area (Å²) in [7, 11) is 0. The molecule has 3 aromatic carbocycles. The Bertz CT molecular complexity index is 1480. The molecule has 3 rings (SSSR count). The third kappa shape index (κ3) is 9.83. The lowest BCUT2D eigenvalue weighted by Crippen LogP contribution is -2.32. The summed E-state index contributed by atoms with van der Waals surface area (Å²) in [6.07, 6.45) is 1.93. The zero-order valence-corrected chi connectivity index (χ0v) is 37.2. The lowest BCUT2D eigenvalue weighted by Gasteiger charge is -2.38.